The van der Waals surface area contributed by atoms with Crippen LogP contribution in [0.25, 0.3) is 0 Å². The molecule has 0 bridgehead atoms. The van der Waals surface area contributed by atoms with E-state index >= 15 is 0 Å². The molecule has 0 aromatic rings. The third kappa shape index (κ3) is 40.7. The van der Waals surface area contributed by atoms with Crippen molar-refractivity contribution in [3.8, 4) is 0 Å². The molecule has 0 saturated carbocycles. The Labute approximate surface area is 294 Å². The first-order valence-corrected chi connectivity index (χ1v) is 21.2. The Hall–Kier alpha value is -1.38. The normalized spacial score (nSPS) is 11.7. The second-order valence-electron chi connectivity index (χ2n) is 14.3. The van der Waals surface area contributed by atoms with Gasteiger partial charge in [0.05, 0.1) is 0 Å². The largest absolute Gasteiger partial charge is 0.393 e. The van der Waals surface area contributed by atoms with E-state index in [9.17, 15) is 9.59 Å². The molecular weight excluding hydrogens is 576 g/mol. The maximum absolute atomic E-state index is 12.0. The number of hydrogen-bond acceptors (Lipinski definition) is 3. The molecule has 276 valence electrons. The van der Waals surface area contributed by atoms with Gasteiger partial charge >= 0.3 is 11.9 Å². The van der Waals surface area contributed by atoms with Crippen molar-refractivity contribution in [3.63, 3.8) is 0 Å². The fourth-order valence-electron chi connectivity index (χ4n) is 6.32. The van der Waals surface area contributed by atoms with Gasteiger partial charge in [-0.05, 0) is 64.2 Å². The van der Waals surface area contributed by atoms with Gasteiger partial charge in [-0.2, -0.15) is 0 Å². The van der Waals surface area contributed by atoms with Crippen molar-refractivity contribution in [1.82, 2.24) is 0 Å². The Morgan fingerprint density at radius 3 is 0.787 bits per heavy atom. The maximum Gasteiger partial charge on any atom is 0.313 e. The molecule has 0 N–H and O–H groups in total. The van der Waals surface area contributed by atoms with Crippen LogP contribution in [0.1, 0.15) is 245 Å². The lowest BCUT2D eigenvalue weighted by molar-refractivity contribution is -0.159. The third-order valence-electron chi connectivity index (χ3n) is 9.51. The number of allylic oxidation sites excluding steroid dienone is 4. The summed E-state index contributed by atoms with van der Waals surface area (Å²) in [6.45, 7) is 4.55. The van der Waals surface area contributed by atoms with E-state index < -0.39 is 0 Å². The SMILES string of the molecule is CCCCCCCC/C=C\CCCCCCCCCCCC(=O)OC(=O)CCCCCCCCCCC/C=C\CCCCCCCC. The molecule has 0 aromatic heterocycles. The van der Waals surface area contributed by atoms with Gasteiger partial charge in [0, 0.05) is 12.8 Å². The molecule has 0 aromatic carbocycles. The van der Waals surface area contributed by atoms with Crippen molar-refractivity contribution in [2.75, 3.05) is 0 Å². The molecule has 0 saturated heterocycles. The summed E-state index contributed by atoms with van der Waals surface area (Å²) < 4.78 is 5.04. The van der Waals surface area contributed by atoms with Gasteiger partial charge in [-0.3, -0.25) is 9.59 Å². The molecule has 0 spiro atoms. The van der Waals surface area contributed by atoms with Crippen LogP contribution in [-0.4, -0.2) is 11.9 Å². The second-order valence-corrected chi connectivity index (χ2v) is 14.3. The molecule has 0 aliphatic rings. The molecule has 3 heteroatoms. The minimum Gasteiger partial charge on any atom is -0.393 e. The lowest BCUT2D eigenvalue weighted by Gasteiger charge is -2.04. The van der Waals surface area contributed by atoms with Crippen LogP contribution in [0.3, 0.4) is 0 Å². The van der Waals surface area contributed by atoms with Crippen LogP contribution in [-0.2, 0) is 14.3 Å². The van der Waals surface area contributed by atoms with Crippen LogP contribution in [0.4, 0.5) is 0 Å². The Morgan fingerprint density at radius 1 is 0.319 bits per heavy atom. The Bertz CT molecular complexity index is 636. The zero-order valence-electron chi connectivity index (χ0n) is 32.0. The number of ether oxygens (including phenoxy) is 1. The summed E-state index contributed by atoms with van der Waals surface area (Å²) in [5, 5.41) is 0. The molecule has 0 aliphatic heterocycles. The molecule has 3 nitrogen and oxygen atoms in total. The average Bonchev–Trinajstić information content (AvgIpc) is 3.06. The molecule has 0 unspecified atom stereocenters. The fourth-order valence-corrected chi connectivity index (χ4v) is 6.32. The van der Waals surface area contributed by atoms with Crippen LogP contribution >= 0.6 is 0 Å². The monoisotopic (exact) mass is 659 g/mol. The molecular formula is C44H82O3. The number of unbranched alkanes of at least 4 members (excludes halogenated alkanes) is 30. The molecule has 0 heterocycles. The van der Waals surface area contributed by atoms with Gasteiger partial charge < -0.3 is 4.74 Å². The van der Waals surface area contributed by atoms with Crippen molar-refractivity contribution in [2.24, 2.45) is 0 Å². The average molecular weight is 659 g/mol. The summed E-state index contributed by atoms with van der Waals surface area (Å²) in [6, 6.07) is 0. The van der Waals surface area contributed by atoms with Crippen molar-refractivity contribution < 1.29 is 14.3 Å². The highest BCUT2D eigenvalue weighted by atomic mass is 16.6. The standard InChI is InChI=1S/C44H82O3/c1-3-5-7-9-11-13-15-17-19-21-23-25-27-29-31-33-35-37-39-41-43(45)47-44(46)42-40-38-36-34-32-30-28-26-24-22-20-18-16-14-12-10-8-6-4-2/h17-20H,3-16,21-42H2,1-2H3/b19-17-,20-18-. The molecule has 0 rings (SSSR count). The molecule has 0 radical (unpaired) electrons. The molecule has 0 fully saturated rings. The van der Waals surface area contributed by atoms with E-state index in [-0.39, 0.29) is 11.9 Å². The highest BCUT2D eigenvalue weighted by Crippen LogP contribution is 2.15. The van der Waals surface area contributed by atoms with Gasteiger partial charge in [0.2, 0.25) is 0 Å². The second kappa shape index (κ2) is 40.8. The predicted molar refractivity (Wildman–Crippen MR) is 207 cm³/mol. The van der Waals surface area contributed by atoms with Crippen molar-refractivity contribution in [3.05, 3.63) is 24.3 Å². The van der Waals surface area contributed by atoms with Crippen LogP contribution in [0.5, 0.6) is 0 Å². The van der Waals surface area contributed by atoms with E-state index in [2.05, 4.69) is 38.2 Å². The number of hydrogen-bond donors (Lipinski definition) is 0. The van der Waals surface area contributed by atoms with Crippen molar-refractivity contribution >= 4 is 11.9 Å². The minimum atomic E-state index is -0.329. The van der Waals surface area contributed by atoms with E-state index in [1.165, 1.54) is 193 Å². The summed E-state index contributed by atoms with van der Waals surface area (Å²) in [6.07, 6.45) is 53.9. The smallest absolute Gasteiger partial charge is 0.313 e. The maximum atomic E-state index is 12.0. The number of carbonyl (C=O) groups excluding carboxylic acids is 2. The van der Waals surface area contributed by atoms with Gasteiger partial charge in [-0.25, -0.2) is 0 Å². The van der Waals surface area contributed by atoms with E-state index in [0.717, 1.165) is 25.7 Å². The fraction of sp³-hybridized carbons (Fsp3) is 0.864. The Kier molecular flexibility index (Phi) is 39.6. The van der Waals surface area contributed by atoms with Gasteiger partial charge in [-0.15, -0.1) is 0 Å². The summed E-state index contributed by atoms with van der Waals surface area (Å²) in [7, 11) is 0. The first-order valence-electron chi connectivity index (χ1n) is 21.2. The lowest BCUT2D eigenvalue weighted by Crippen LogP contribution is -2.11. The van der Waals surface area contributed by atoms with Gasteiger partial charge in [-0.1, -0.05) is 192 Å². The minimum absolute atomic E-state index is 0.329. The molecule has 0 amide bonds. The summed E-state index contributed by atoms with van der Waals surface area (Å²) in [5.41, 5.74) is 0. The Balaban J connectivity index is 3.32. The number of rotatable bonds is 38. The summed E-state index contributed by atoms with van der Waals surface area (Å²) in [4.78, 5) is 24.0. The van der Waals surface area contributed by atoms with Crippen molar-refractivity contribution in [1.29, 1.82) is 0 Å². The van der Waals surface area contributed by atoms with E-state index in [1.807, 2.05) is 0 Å². The van der Waals surface area contributed by atoms with Gasteiger partial charge in [0.1, 0.15) is 0 Å². The number of esters is 2. The molecule has 0 atom stereocenters. The van der Waals surface area contributed by atoms with Crippen LogP contribution in [0.15, 0.2) is 24.3 Å². The molecule has 0 aliphatic carbocycles. The van der Waals surface area contributed by atoms with Crippen molar-refractivity contribution in [2.45, 2.75) is 245 Å². The lowest BCUT2D eigenvalue weighted by atomic mass is 10.1. The third-order valence-corrected chi connectivity index (χ3v) is 9.51. The van der Waals surface area contributed by atoms with E-state index in [4.69, 9.17) is 4.74 Å². The summed E-state index contributed by atoms with van der Waals surface area (Å²) in [5.74, 6) is -0.659. The zero-order valence-corrected chi connectivity index (χ0v) is 32.0. The van der Waals surface area contributed by atoms with Gasteiger partial charge in [0.25, 0.3) is 0 Å². The quantitative estimate of drug-likeness (QED) is 0.0287. The topological polar surface area (TPSA) is 43.4 Å². The first-order chi connectivity index (χ1) is 23.2. The Morgan fingerprint density at radius 2 is 0.532 bits per heavy atom. The predicted octanol–water partition coefficient (Wildman–Crippen LogP) is 15.3. The number of carbonyl (C=O) groups is 2. The highest BCUT2D eigenvalue weighted by Gasteiger charge is 2.10. The summed E-state index contributed by atoms with van der Waals surface area (Å²) >= 11 is 0. The molecule has 47 heavy (non-hydrogen) atoms. The zero-order chi connectivity index (χ0) is 34.1. The van der Waals surface area contributed by atoms with E-state index in [0.29, 0.717) is 12.8 Å². The van der Waals surface area contributed by atoms with Crippen LogP contribution in [0.2, 0.25) is 0 Å². The first kappa shape index (κ1) is 45.6. The highest BCUT2D eigenvalue weighted by molar-refractivity contribution is 5.85. The van der Waals surface area contributed by atoms with Crippen LogP contribution < -0.4 is 0 Å². The van der Waals surface area contributed by atoms with Gasteiger partial charge in [0.15, 0.2) is 0 Å². The van der Waals surface area contributed by atoms with E-state index in [1.54, 1.807) is 0 Å². The van der Waals surface area contributed by atoms with Crippen LogP contribution in [0, 0.1) is 0 Å².